The summed E-state index contributed by atoms with van der Waals surface area (Å²) in [5, 5.41) is 2.54. The second kappa shape index (κ2) is 5.79. The molecule has 1 N–H and O–H groups in total. The van der Waals surface area contributed by atoms with E-state index in [0.29, 0.717) is 5.69 Å². The second-order valence-corrected chi connectivity index (χ2v) is 4.39. The predicted molar refractivity (Wildman–Crippen MR) is 60.1 cm³/mol. The van der Waals surface area contributed by atoms with E-state index in [1.54, 1.807) is 13.0 Å². The average molecular weight is 294 g/mol. The summed E-state index contributed by atoms with van der Waals surface area (Å²) in [5.74, 6) is -0.246. The van der Waals surface area contributed by atoms with Crippen molar-refractivity contribution in [3.63, 3.8) is 0 Å². The van der Waals surface area contributed by atoms with Crippen molar-refractivity contribution in [2.75, 3.05) is 5.32 Å². The molecule has 1 unspecified atom stereocenters. The Morgan fingerprint density at radius 1 is 1.50 bits per heavy atom. The predicted octanol–water partition coefficient (Wildman–Crippen LogP) is 3.01. The highest BCUT2D eigenvalue weighted by Crippen LogP contribution is 2.19. The van der Waals surface area contributed by atoms with Gasteiger partial charge in [0.25, 0.3) is 0 Å². The van der Waals surface area contributed by atoms with Crippen LogP contribution in [-0.2, 0) is 4.79 Å². The Bertz CT molecular complexity index is 372. The van der Waals surface area contributed by atoms with Gasteiger partial charge in [-0.15, -0.1) is 0 Å². The van der Waals surface area contributed by atoms with Gasteiger partial charge in [-0.2, -0.15) is 8.78 Å². The topological polar surface area (TPSA) is 38.3 Å². The smallest absolute Gasteiger partial charge is 0.387 e. The maximum Gasteiger partial charge on any atom is 0.387 e. The van der Waals surface area contributed by atoms with Crippen LogP contribution in [0, 0.1) is 0 Å². The fourth-order valence-electron chi connectivity index (χ4n) is 0.992. The molecule has 0 spiro atoms. The first kappa shape index (κ1) is 12.9. The summed E-state index contributed by atoms with van der Waals surface area (Å²) < 4.78 is 28.1. The molecule has 1 atom stereocenters. The van der Waals surface area contributed by atoms with Gasteiger partial charge in [0.1, 0.15) is 5.75 Å². The molecule has 0 aromatic heterocycles. The highest BCUT2D eigenvalue weighted by atomic mass is 79.9. The summed E-state index contributed by atoms with van der Waals surface area (Å²) in [7, 11) is 0. The maximum absolute atomic E-state index is 11.9. The number of nitrogens with one attached hydrogen (secondary N) is 1. The van der Waals surface area contributed by atoms with Gasteiger partial charge < -0.3 is 10.1 Å². The van der Waals surface area contributed by atoms with Crippen molar-refractivity contribution in [1.29, 1.82) is 0 Å². The van der Waals surface area contributed by atoms with Crippen molar-refractivity contribution in [2.45, 2.75) is 18.4 Å². The lowest BCUT2D eigenvalue weighted by Crippen LogP contribution is -2.19. The van der Waals surface area contributed by atoms with Gasteiger partial charge in [-0.05, 0) is 19.1 Å². The molecule has 3 nitrogen and oxygen atoms in total. The van der Waals surface area contributed by atoms with E-state index in [-0.39, 0.29) is 16.5 Å². The van der Waals surface area contributed by atoms with Crippen LogP contribution in [0.1, 0.15) is 6.92 Å². The molecule has 0 heterocycles. The Labute approximate surface area is 99.9 Å². The SMILES string of the molecule is CC(Br)C(=O)Nc1cccc(OC(F)F)c1. The molecule has 88 valence electrons. The number of hydrogen-bond donors (Lipinski definition) is 1. The lowest BCUT2D eigenvalue weighted by Gasteiger charge is -2.09. The standard InChI is InChI=1S/C10H10BrF2NO2/c1-6(11)9(15)14-7-3-2-4-8(5-7)16-10(12)13/h2-6,10H,1H3,(H,14,15). The number of anilines is 1. The van der Waals surface area contributed by atoms with Gasteiger partial charge in [0.05, 0.1) is 4.83 Å². The minimum absolute atomic E-state index is 0.00928. The van der Waals surface area contributed by atoms with E-state index in [4.69, 9.17) is 0 Å². The van der Waals surface area contributed by atoms with Crippen molar-refractivity contribution >= 4 is 27.5 Å². The number of carbonyl (C=O) groups is 1. The number of halogens is 3. The number of benzene rings is 1. The minimum atomic E-state index is -2.87. The summed E-state index contributed by atoms with van der Waals surface area (Å²) in [5.41, 5.74) is 0.412. The summed E-state index contributed by atoms with van der Waals surface area (Å²) in [4.78, 5) is 10.9. The van der Waals surface area contributed by atoms with Crippen molar-refractivity contribution in [3.8, 4) is 5.75 Å². The molecule has 0 aliphatic carbocycles. The molecule has 6 heteroatoms. The van der Waals surface area contributed by atoms with E-state index < -0.39 is 6.61 Å². The lowest BCUT2D eigenvalue weighted by atomic mass is 10.3. The van der Waals surface area contributed by atoms with Crippen LogP contribution in [0.4, 0.5) is 14.5 Å². The molecule has 0 saturated heterocycles. The molecule has 1 amide bonds. The van der Waals surface area contributed by atoms with Crippen LogP contribution in [0.3, 0.4) is 0 Å². The molecule has 0 radical (unpaired) electrons. The summed E-state index contributed by atoms with van der Waals surface area (Å²) in [6, 6.07) is 5.83. The van der Waals surface area contributed by atoms with E-state index >= 15 is 0 Å². The Kier molecular flexibility index (Phi) is 4.67. The van der Waals surface area contributed by atoms with Gasteiger partial charge in [-0.1, -0.05) is 22.0 Å². The molecule has 1 aromatic carbocycles. The quantitative estimate of drug-likeness (QED) is 0.867. The molecule has 0 bridgehead atoms. The van der Waals surface area contributed by atoms with Crippen LogP contribution < -0.4 is 10.1 Å². The minimum Gasteiger partial charge on any atom is -0.435 e. The zero-order chi connectivity index (χ0) is 12.1. The molecular weight excluding hydrogens is 284 g/mol. The zero-order valence-electron chi connectivity index (χ0n) is 8.41. The van der Waals surface area contributed by atoms with Crippen molar-refractivity contribution in [2.24, 2.45) is 0 Å². The molecule has 0 aliphatic heterocycles. The highest BCUT2D eigenvalue weighted by molar-refractivity contribution is 9.10. The maximum atomic E-state index is 11.9. The van der Waals surface area contributed by atoms with Crippen LogP contribution in [0.5, 0.6) is 5.75 Å². The molecule has 16 heavy (non-hydrogen) atoms. The highest BCUT2D eigenvalue weighted by Gasteiger charge is 2.10. The van der Waals surface area contributed by atoms with E-state index in [9.17, 15) is 13.6 Å². The van der Waals surface area contributed by atoms with Crippen LogP contribution in [0.15, 0.2) is 24.3 Å². The number of carbonyl (C=O) groups excluding carboxylic acids is 1. The van der Waals surface area contributed by atoms with Crippen molar-refractivity contribution in [1.82, 2.24) is 0 Å². The van der Waals surface area contributed by atoms with Gasteiger partial charge in [0.2, 0.25) is 5.91 Å². The molecule has 0 fully saturated rings. The fraction of sp³-hybridized carbons (Fsp3) is 0.300. The number of amides is 1. The Morgan fingerprint density at radius 3 is 2.75 bits per heavy atom. The van der Waals surface area contributed by atoms with E-state index in [1.807, 2.05) is 0 Å². The second-order valence-electron chi connectivity index (χ2n) is 3.01. The zero-order valence-corrected chi connectivity index (χ0v) is 10.0. The Hall–Kier alpha value is -1.17. The summed E-state index contributed by atoms with van der Waals surface area (Å²) in [6.45, 7) is -1.21. The van der Waals surface area contributed by atoms with Crippen LogP contribution in [0.25, 0.3) is 0 Å². The Morgan fingerprint density at radius 2 is 2.19 bits per heavy atom. The third-order valence-corrected chi connectivity index (χ3v) is 2.10. The first-order valence-corrected chi connectivity index (χ1v) is 5.40. The Balaban J connectivity index is 2.71. The van der Waals surface area contributed by atoms with Gasteiger partial charge in [-0.25, -0.2) is 0 Å². The molecule has 1 rings (SSSR count). The molecule has 1 aromatic rings. The van der Waals surface area contributed by atoms with Gasteiger partial charge in [0, 0.05) is 11.8 Å². The monoisotopic (exact) mass is 293 g/mol. The summed E-state index contributed by atoms with van der Waals surface area (Å²) >= 11 is 3.09. The first-order chi connectivity index (χ1) is 7.49. The molecule has 0 aliphatic rings. The first-order valence-electron chi connectivity index (χ1n) is 4.49. The van der Waals surface area contributed by atoms with Crippen molar-refractivity contribution in [3.05, 3.63) is 24.3 Å². The summed E-state index contributed by atoms with van der Waals surface area (Å²) in [6.07, 6.45) is 0. The number of rotatable bonds is 4. The number of hydrogen-bond acceptors (Lipinski definition) is 2. The number of ether oxygens (including phenoxy) is 1. The van der Waals surface area contributed by atoms with Crippen LogP contribution >= 0.6 is 15.9 Å². The van der Waals surface area contributed by atoms with E-state index in [0.717, 1.165) is 0 Å². The molecular formula is C10H10BrF2NO2. The van der Waals surface area contributed by atoms with Gasteiger partial charge in [0.15, 0.2) is 0 Å². The van der Waals surface area contributed by atoms with E-state index in [1.165, 1.54) is 18.2 Å². The van der Waals surface area contributed by atoms with Crippen LogP contribution in [0.2, 0.25) is 0 Å². The van der Waals surface area contributed by atoms with Crippen molar-refractivity contribution < 1.29 is 18.3 Å². The number of alkyl halides is 3. The normalized spacial score (nSPS) is 12.3. The average Bonchev–Trinajstić information content (AvgIpc) is 2.16. The van der Waals surface area contributed by atoms with Gasteiger partial charge >= 0.3 is 6.61 Å². The third kappa shape index (κ3) is 4.14. The van der Waals surface area contributed by atoms with Crippen LogP contribution in [-0.4, -0.2) is 17.3 Å². The molecule has 0 saturated carbocycles. The van der Waals surface area contributed by atoms with E-state index in [2.05, 4.69) is 26.0 Å². The fourth-order valence-corrected chi connectivity index (χ4v) is 1.11. The lowest BCUT2D eigenvalue weighted by molar-refractivity contribution is -0.115. The van der Waals surface area contributed by atoms with Gasteiger partial charge in [-0.3, -0.25) is 4.79 Å². The largest absolute Gasteiger partial charge is 0.435 e. The third-order valence-electron chi connectivity index (χ3n) is 1.69.